The molecule has 0 saturated carbocycles. The molecule has 0 radical (unpaired) electrons. The van der Waals surface area contributed by atoms with Crippen LogP contribution < -0.4 is 46.8 Å². The van der Waals surface area contributed by atoms with E-state index >= 15 is 0 Å². The Labute approximate surface area is 832 Å². The van der Waals surface area contributed by atoms with Gasteiger partial charge in [-0.2, -0.15) is 39.5 Å². The van der Waals surface area contributed by atoms with Gasteiger partial charge < -0.3 is 54.7 Å². The van der Waals surface area contributed by atoms with E-state index in [1.165, 1.54) is 25.0 Å². The number of hydrogen-bond acceptors (Lipinski definition) is 18. The van der Waals surface area contributed by atoms with Crippen molar-refractivity contribution in [3.05, 3.63) is 330 Å². The lowest BCUT2D eigenvalue weighted by molar-refractivity contribution is -0.140. The first kappa shape index (κ1) is 109. The summed E-state index contributed by atoms with van der Waals surface area (Å²) in [6.07, 6.45) is -4.50. The number of benzene rings is 9. The number of aromatic nitrogens is 7. The van der Waals surface area contributed by atoms with Crippen molar-refractivity contribution in [1.29, 1.82) is 0 Å². The number of alkyl halides is 9. The Morgan fingerprint density at radius 1 is 0.414 bits per heavy atom. The number of amides is 3. The average Bonchev–Trinajstić information content (AvgIpc) is 0.981. The molecule has 15 rings (SSSR count). The lowest BCUT2D eigenvalue weighted by Crippen LogP contribution is -2.43. The van der Waals surface area contributed by atoms with Crippen LogP contribution in [0.4, 0.5) is 52.7 Å². The molecule has 2 saturated heterocycles. The van der Waals surface area contributed by atoms with E-state index in [1.807, 2.05) is 20.8 Å². The number of carbonyl (C=O) groups excluding carboxylic acids is 3. The first-order valence-corrected chi connectivity index (χ1v) is 48.7. The Bertz CT molecular complexity index is 6730. The van der Waals surface area contributed by atoms with E-state index in [0.29, 0.717) is 193 Å². The van der Waals surface area contributed by atoms with Crippen molar-refractivity contribution in [2.75, 3.05) is 106 Å². The number of piperidine rings is 1. The van der Waals surface area contributed by atoms with E-state index < -0.39 is 94.9 Å². The van der Waals surface area contributed by atoms with Gasteiger partial charge in [0.1, 0.15) is 52.2 Å². The normalized spacial score (nSPS) is 14.2. The van der Waals surface area contributed by atoms with Gasteiger partial charge in [0.05, 0.1) is 124 Å². The van der Waals surface area contributed by atoms with Crippen LogP contribution in [0.15, 0.2) is 239 Å². The topological polar surface area (TPSA) is 249 Å². The number of ether oxygens (including phenoxy) is 3. The van der Waals surface area contributed by atoms with Crippen molar-refractivity contribution in [2.24, 2.45) is 0 Å². The molecule has 2 aliphatic rings. The van der Waals surface area contributed by atoms with E-state index in [1.54, 1.807) is 201 Å². The first-order chi connectivity index (χ1) is 69.7. The predicted molar refractivity (Wildman–Crippen MR) is 533 cm³/mol. The van der Waals surface area contributed by atoms with Crippen LogP contribution in [0.2, 0.25) is 0 Å². The van der Waals surface area contributed by atoms with Gasteiger partial charge in [0, 0.05) is 44.6 Å². The number of rotatable bonds is 40. The highest BCUT2D eigenvalue weighted by atomic mass is 19.4. The number of nitrogens with zero attached hydrogens (tertiary/aromatic N) is 12. The number of pyridine rings is 1. The Morgan fingerprint density at radius 3 is 1.08 bits per heavy atom. The molecule has 2 fully saturated rings. The molecular weight excluding hydrogens is 1890 g/mol. The van der Waals surface area contributed by atoms with Crippen LogP contribution in [-0.2, 0) is 58.7 Å². The highest BCUT2D eigenvalue weighted by Crippen LogP contribution is 2.39. The van der Waals surface area contributed by atoms with E-state index in [0.717, 1.165) is 94.8 Å². The van der Waals surface area contributed by atoms with Crippen LogP contribution in [0.25, 0.3) is 49.8 Å². The number of hydrogen-bond donors (Lipinski definition) is 3. The first-order valence-electron chi connectivity index (χ1n) is 48.7. The molecule has 13 aromatic rings. The number of carbonyl (C=O) groups is 3. The van der Waals surface area contributed by atoms with Gasteiger partial charge >= 0.3 is 18.5 Å². The van der Waals surface area contributed by atoms with Gasteiger partial charge in [0.2, 0.25) is 17.7 Å². The molecule has 24 nitrogen and oxygen atoms in total. The molecule has 36 heteroatoms. The van der Waals surface area contributed by atoms with Gasteiger partial charge in [-0.3, -0.25) is 47.5 Å². The standard InChI is InChI=1S/C38H45F4N5O3.C36H41F4N5O3.C35H33F4N5O3/c1-4-50-29-16-14-28(15-17-29)47-36(44-33-12-6-5-11-30(33)37(47)49)34(19-20-43-3)46(23-9-22-45-21-8-7-10-26(45)2)35(48)25-27-13-18-31(32(39)24-27)38(40,41)42;1-3-48-27-14-12-26(13-15-27)45-34(42-31-10-5-4-9-28(31)35(45)47)32(17-18-41-2)44(22-8-21-43-19-6-7-20-43)33(46)24-25-11-16-29(30(37)23-25)36(38,39)40;1-3-47-26-13-11-25(12-14-26)44-33(42-30-9-5-4-8-27(30)34(44)46)31(16-18-40-2)43(22-24-7-6-17-41-21-24)32(45)20-23-10-15-28(29(36)19-23)35(37,38)39/h5-6,11-18,24,26,34,43H,4,7-10,19-23,25H2,1-3H3;4-5,9-16,23,32,41H,3,6-8,17-22,24H2,1-2H3;4-15,17,19,21,31,40H,3,16,18,20,22H2,1-2H3. The van der Waals surface area contributed by atoms with Gasteiger partial charge in [0.15, 0.2) is 0 Å². The zero-order chi connectivity index (χ0) is 104. The molecule has 4 atom stereocenters. The third kappa shape index (κ3) is 27.9. The van der Waals surface area contributed by atoms with E-state index in [4.69, 9.17) is 29.2 Å². The smallest absolute Gasteiger partial charge is 0.419 e. The monoisotopic (exact) mass is 2010 g/mol. The minimum absolute atomic E-state index is 0.0378. The van der Waals surface area contributed by atoms with E-state index in [-0.39, 0.29) is 58.6 Å². The zero-order valence-corrected chi connectivity index (χ0v) is 81.8. The summed E-state index contributed by atoms with van der Waals surface area (Å²) in [6.45, 7) is 15.7. The lowest BCUT2D eigenvalue weighted by atomic mass is 10.0. The predicted octanol–water partition coefficient (Wildman–Crippen LogP) is 19.3. The maximum Gasteiger partial charge on any atom is 0.419 e. The minimum atomic E-state index is -4.87. The van der Waals surface area contributed by atoms with Crippen molar-refractivity contribution in [1.82, 2.24) is 74.1 Å². The Kier molecular flexibility index (Phi) is 38.0. The highest BCUT2D eigenvalue weighted by Gasteiger charge is 2.40. The molecule has 2 aliphatic heterocycles. The molecule has 768 valence electrons. The lowest BCUT2D eigenvalue weighted by Gasteiger charge is -2.36. The van der Waals surface area contributed by atoms with Crippen molar-refractivity contribution in [2.45, 2.75) is 160 Å². The van der Waals surface area contributed by atoms with Crippen LogP contribution in [-0.4, -0.2) is 188 Å². The molecule has 3 amide bonds. The van der Waals surface area contributed by atoms with Crippen LogP contribution >= 0.6 is 0 Å². The molecule has 145 heavy (non-hydrogen) atoms. The second kappa shape index (κ2) is 50.7. The second-order valence-electron chi connectivity index (χ2n) is 35.5. The number of nitrogens with one attached hydrogen (secondary N) is 3. The molecule has 0 aliphatic carbocycles. The van der Waals surface area contributed by atoms with Crippen molar-refractivity contribution in [3.63, 3.8) is 0 Å². The minimum Gasteiger partial charge on any atom is -0.494 e. The zero-order valence-electron chi connectivity index (χ0n) is 81.8. The molecular formula is C109H119F12N15O9. The summed E-state index contributed by atoms with van der Waals surface area (Å²) in [4.78, 5) is 114. The molecule has 3 N–H and O–H groups in total. The molecule has 9 aromatic carbocycles. The van der Waals surface area contributed by atoms with Crippen LogP contribution in [0.3, 0.4) is 0 Å². The van der Waals surface area contributed by atoms with Crippen LogP contribution in [0.5, 0.6) is 17.2 Å². The third-order valence-electron chi connectivity index (χ3n) is 25.6. The molecule has 4 aromatic heterocycles. The number of likely N-dealkylation sites (tertiary alicyclic amines) is 2. The summed E-state index contributed by atoms with van der Waals surface area (Å²) in [5.41, 5.74) is -1.17. The number of halogens is 12. The van der Waals surface area contributed by atoms with E-state index in [2.05, 4.69) is 37.7 Å². The average molecular weight is 2010 g/mol. The second-order valence-corrected chi connectivity index (χ2v) is 35.5. The SMILES string of the molecule is CCOc1ccc(-n2c(C(CCNC)N(CCCN3CCCC3)C(=O)Cc3ccc(C(F)(F)F)c(F)c3)nc3ccccc3c2=O)cc1.CCOc1ccc(-n2c(C(CCNC)N(CCCN3CCCCC3C)C(=O)Cc3ccc(C(F)(F)F)c(F)c3)nc3ccccc3c2=O)cc1.CCOc1ccc(-n2c(C(CCNC)N(Cc3cccnc3)C(=O)Cc3ccc(C(F)(F)F)c(F)c3)nc3ccccc3c2=O)cc1. The molecule has 4 unspecified atom stereocenters. The van der Waals surface area contributed by atoms with Gasteiger partial charge in [0.25, 0.3) is 16.7 Å². The van der Waals surface area contributed by atoms with Gasteiger partial charge in [-0.25, -0.2) is 28.1 Å². The summed E-state index contributed by atoms with van der Waals surface area (Å²) in [5.74, 6) is -2.76. The highest BCUT2D eigenvalue weighted by molar-refractivity contribution is 5.83. The Balaban J connectivity index is 0.000000182. The fraction of sp³-hybridized carbons (Fsp3) is 0.376. The van der Waals surface area contributed by atoms with Gasteiger partial charge in [-0.1, -0.05) is 67.1 Å². The Morgan fingerprint density at radius 2 is 0.752 bits per heavy atom. The fourth-order valence-electron chi connectivity index (χ4n) is 18.5. The summed E-state index contributed by atoms with van der Waals surface area (Å²) < 4.78 is 185. The number of fused-ring (bicyclic) bond motifs is 3. The number of para-hydroxylation sites is 3. The maximum absolute atomic E-state index is 14.6. The van der Waals surface area contributed by atoms with Gasteiger partial charge in [-0.05, 0) is 326 Å². The third-order valence-corrected chi connectivity index (χ3v) is 25.6. The molecule has 6 heterocycles. The van der Waals surface area contributed by atoms with Crippen molar-refractivity contribution >= 4 is 50.4 Å². The van der Waals surface area contributed by atoms with E-state index in [9.17, 15) is 81.5 Å². The summed E-state index contributed by atoms with van der Waals surface area (Å²) in [5, 5.41) is 10.6. The Hall–Kier alpha value is -13.7. The summed E-state index contributed by atoms with van der Waals surface area (Å²) in [6, 6.07) is 51.4. The fourth-order valence-corrected chi connectivity index (χ4v) is 18.5. The quantitative estimate of drug-likeness (QED) is 0.0302. The van der Waals surface area contributed by atoms with Crippen LogP contribution in [0.1, 0.15) is 166 Å². The summed E-state index contributed by atoms with van der Waals surface area (Å²) in [7, 11) is 5.33. The summed E-state index contributed by atoms with van der Waals surface area (Å²) >= 11 is 0. The maximum atomic E-state index is 14.6. The van der Waals surface area contributed by atoms with Crippen molar-refractivity contribution in [3.8, 4) is 34.3 Å². The molecule has 0 spiro atoms. The van der Waals surface area contributed by atoms with Gasteiger partial charge in [-0.15, -0.1) is 0 Å². The molecule has 0 bridgehead atoms. The largest absolute Gasteiger partial charge is 0.494 e. The van der Waals surface area contributed by atoms with Crippen molar-refractivity contribution < 1.29 is 81.3 Å². The van der Waals surface area contributed by atoms with Crippen LogP contribution in [0, 0.1) is 17.5 Å².